The summed E-state index contributed by atoms with van der Waals surface area (Å²) in [4.78, 5) is 17.5. The Morgan fingerprint density at radius 2 is 1.64 bits per heavy atom. The summed E-state index contributed by atoms with van der Waals surface area (Å²) in [6, 6.07) is 21.0. The second-order valence-electron chi connectivity index (χ2n) is 7.60. The van der Waals surface area contributed by atoms with Gasteiger partial charge in [-0.25, -0.2) is 0 Å². The van der Waals surface area contributed by atoms with Gasteiger partial charge in [-0.1, -0.05) is 60.7 Å². The van der Waals surface area contributed by atoms with Crippen LogP contribution >= 0.6 is 11.8 Å². The van der Waals surface area contributed by atoms with Gasteiger partial charge in [0, 0.05) is 31.9 Å². The van der Waals surface area contributed by atoms with Gasteiger partial charge >= 0.3 is 0 Å². The molecule has 0 radical (unpaired) electrons. The Morgan fingerprint density at radius 1 is 0.964 bits per heavy atom. The second kappa shape index (κ2) is 9.59. The van der Waals surface area contributed by atoms with Gasteiger partial charge in [-0.05, 0) is 30.5 Å². The molecule has 5 heteroatoms. The van der Waals surface area contributed by atoms with Crippen LogP contribution in [-0.2, 0) is 11.2 Å². The number of piperazine rings is 1. The standard InChI is InChI=1S/C23H29N3OS/c27-23(21-18-28-22(24-21)20-11-5-2-6-12-20)26-16-14-25(15-17-26)13-7-10-19-8-3-1-4-9-19/h1-6,8-9,11-12,21-22,24H,7,10,13-18H2. The summed E-state index contributed by atoms with van der Waals surface area (Å²) in [5.41, 5.74) is 2.67. The van der Waals surface area contributed by atoms with Crippen LogP contribution in [-0.4, -0.2) is 60.2 Å². The van der Waals surface area contributed by atoms with E-state index in [9.17, 15) is 4.79 Å². The van der Waals surface area contributed by atoms with Crippen molar-refractivity contribution in [1.29, 1.82) is 0 Å². The molecule has 2 saturated heterocycles. The van der Waals surface area contributed by atoms with Crippen LogP contribution in [0.2, 0.25) is 0 Å². The molecule has 4 rings (SSSR count). The lowest BCUT2D eigenvalue weighted by molar-refractivity contribution is -0.134. The molecule has 1 N–H and O–H groups in total. The van der Waals surface area contributed by atoms with E-state index < -0.39 is 0 Å². The number of rotatable bonds is 6. The van der Waals surface area contributed by atoms with Crippen LogP contribution in [0, 0.1) is 0 Å². The molecular formula is C23H29N3OS. The van der Waals surface area contributed by atoms with E-state index in [1.165, 1.54) is 17.5 Å². The van der Waals surface area contributed by atoms with Crippen molar-refractivity contribution in [2.75, 3.05) is 38.5 Å². The van der Waals surface area contributed by atoms with Crippen LogP contribution in [0.1, 0.15) is 22.9 Å². The molecule has 4 nitrogen and oxygen atoms in total. The maximum absolute atomic E-state index is 12.9. The molecule has 0 aromatic heterocycles. The lowest BCUT2D eigenvalue weighted by atomic mass is 10.1. The Hall–Kier alpha value is -1.82. The SMILES string of the molecule is O=C(C1CSC(c2ccccc2)N1)N1CCN(CCCc2ccccc2)CC1. The average Bonchev–Trinajstić information content (AvgIpc) is 3.25. The lowest BCUT2D eigenvalue weighted by Gasteiger charge is -2.36. The maximum Gasteiger partial charge on any atom is 0.240 e. The van der Waals surface area contributed by atoms with Crippen molar-refractivity contribution >= 4 is 17.7 Å². The highest BCUT2D eigenvalue weighted by Crippen LogP contribution is 2.33. The minimum atomic E-state index is -0.0557. The van der Waals surface area contributed by atoms with E-state index >= 15 is 0 Å². The minimum absolute atomic E-state index is 0.0557. The van der Waals surface area contributed by atoms with Crippen molar-refractivity contribution in [3.8, 4) is 0 Å². The van der Waals surface area contributed by atoms with Crippen LogP contribution in [0.5, 0.6) is 0 Å². The van der Waals surface area contributed by atoms with Gasteiger partial charge in [0.05, 0.1) is 11.4 Å². The lowest BCUT2D eigenvalue weighted by Crippen LogP contribution is -2.53. The van der Waals surface area contributed by atoms with Crippen molar-refractivity contribution in [1.82, 2.24) is 15.1 Å². The molecular weight excluding hydrogens is 366 g/mol. The monoisotopic (exact) mass is 395 g/mol. The molecule has 0 spiro atoms. The number of carbonyl (C=O) groups excluding carboxylic acids is 1. The number of carbonyl (C=O) groups is 1. The van der Waals surface area contributed by atoms with Crippen molar-refractivity contribution < 1.29 is 4.79 Å². The fraction of sp³-hybridized carbons (Fsp3) is 0.435. The summed E-state index contributed by atoms with van der Waals surface area (Å²) in [6.45, 7) is 4.79. The zero-order valence-corrected chi connectivity index (χ0v) is 17.1. The van der Waals surface area contributed by atoms with Crippen molar-refractivity contribution in [2.24, 2.45) is 0 Å². The Bertz CT molecular complexity index is 747. The average molecular weight is 396 g/mol. The smallest absolute Gasteiger partial charge is 0.240 e. The number of benzene rings is 2. The second-order valence-corrected chi connectivity index (χ2v) is 8.74. The predicted octanol–water partition coefficient (Wildman–Crippen LogP) is 3.17. The van der Waals surface area contributed by atoms with Gasteiger partial charge in [0.15, 0.2) is 0 Å². The number of nitrogens with one attached hydrogen (secondary N) is 1. The summed E-state index contributed by atoms with van der Waals surface area (Å²) in [7, 11) is 0. The van der Waals surface area contributed by atoms with Crippen molar-refractivity contribution in [2.45, 2.75) is 24.3 Å². The molecule has 2 aliphatic rings. The molecule has 1 amide bonds. The van der Waals surface area contributed by atoms with Gasteiger partial charge in [0.25, 0.3) is 0 Å². The Kier molecular flexibility index (Phi) is 6.68. The molecule has 2 aromatic carbocycles. The van der Waals surface area contributed by atoms with Gasteiger partial charge in [-0.15, -0.1) is 11.8 Å². The normalized spacial score (nSPS) is 23.1. The molecule has 2 heterocycles. The number of thioether (sulfide) groups is 1. The van der Waals surface area contributed by atoms with Crippen LogP contribution in [0.3, 0.4) is 0 Å². The van der Waals surface area contributed by atoms with Crippen LogP contribution < -0.4 is 5.32 Å². The quantitative estimate of drug-likeness (QED) is 0.815. The van der Waals surface area contributed by atoms with Crippen molar-refractivity contribution in [3.63, 3.8) is 0 Å². The molecule has 0 bridgehead atoms. The number of hydrogen-bond donors (Lipinski definition) is 1. The number of amides is 1. The zero-order chi connectivity index (χ0) is 19.2. The fourth-order valence-corrected chi connectivity index (χ4v) is 5.23. The molecule has 2 atom stereocenters. The van der Waals surface area contributed by atoms with E-state index in [0.29, 0.717) is 0 Å². The number of aryl methyl sites for hydroxylation is 1. The van der Waals surface area contributed by atoms with E-state index in [2.05, 4.69) is 69.7 Å². The highest BCUT2D eigenvalue weighted by Gasteiger charge is 2.34. The van der Waals surface area contributed by atoms with E-state index in [1.54, 1.807) is 0 Å². The van der Waals surface area contributed by atoms with Crippen LogP contribution in [0.25, 0.3) is 0 Å². The summed E-state index contributed by atoms with van der Waals surface area (Å²) in [6.07, 6.45) is 2.31. The molecule has 0 saturated carbocycles. The summed E-state index contributed by atoms with van der Waals surface area (Å²) in [5, 5.41) is 3.76. The molecule has 2 fully saturated rings. The predicted molar refractivity (Wildman–Crippen MR) is 116 cm³/mol. The fourth-order valence-electron chi connectivity index (χ4n) is 4.00. The van der Waals surface area contributed by atoms with Gasteiger partial charge in [-0.2, -0.15) is 0 Å². The Labute approximate surface area is 172 Å². The molecule has 2 aliphatic heterocycles. The highest BCUT2D eigenvalue weighted by molar-refractivity contribution is 7.99. The van der Waals surface area contributed by atoms with Gasteiger partial charge in [0.1, 0.15) is 0 Å². The Morgan fingerprint density at radius 3 is 2.36 bits per heavy atom. The van der Waals surface area contributed by atoms with Gasteiger partial charge in [0.2, 0.25) is 5.91 Å². The molecule has 0 aliphatic carbocycles. The number of hydrogen-bond acceptors (Lipinski definition) is 4. The highest BCUT2D eigenvalue weighted by atomic mass is 32.2. The van der Waals surface area contributed by atoms with Gasteiger partial charge < -0.3 is 4.90 Å². The third-order valence-electron chi connectivity index (χ3n) is 5.65. The van der Waals surface area contributed by atoms with E-state index in [0.717, 1.165) is 44.9 Å². The van der Waals surface area contributed by atoms with E-state index in [-0.39, 0.29) is 17.3 Å². The molecule has 148 valence electrons. The van der Waals surface area contributed by atoms with Crippen LogP contribution in [0.4, 0.5) is 0 Å². The van der Waals surface area contributed by atoms with E-state index in [1.807, 2.05) is 17.8 Å². The van der Waals surface area contributed by atoms with Gasteiger partial charge in [-0.3, -0.25) is 15.0 Å². The Balaban J connectivity index is 1.19. The minimum Gasteiger partial charge on any atom is -0.339 e. The molecule has 2 aromatic rings. The summed E-state index contributed by atoms with van der Waals surface area (Å²) >= 11 is 1.84. The first kappa shape index (κ1) is 19.5. The first-order valence-electron chi connectivity index (χ1n) is 10.3. The van der Waals surface area contributed by atoms with Crippen molar-refractivity contribution in [3.05, 3.63) is 71.8 Å². The largest absolute Gasteiger partial charge is 0.339 e. The maximum atomic E-state index is 12.9. The zero-order valence-electron chi connectivity index (χ0n) is 16.3. The topological polar surface area (TPSA) is 35.6 Å². The molecule has 2 unspecified atom stereocenters. The summed E-state index contributed by atoms with van der Waals surface area (Å²) in [5.74, 6) is 1.13. The molecule has 28 heavy (non-hydrogen) atoms. The number of nitrogens with zero attached hydrogens (tertiary/aromatic N) is 2. The van der Waals surface area contributed by atoms with E-state index in [4.69, 9.17) is 0 Å². The third-order valence-corrected chi connectivity index (χ3v) is 6.92. The first-order chi connectivity index (χ1) is 13.8. The first-order valence-corrected chi connectivity index (χ1v) is 11.3. The van der Waals surface area contributed by atoms with Crippen LogP contribution in [0.15, 0.2) is 60.7 Å². The third kappa shape index (κ3) is 4.96. The summed E-state index contributed by atoms with van der Waals surface area (Å²) < 4.78 is 0.